The number of carbonyl (C=O) groups is 1. The molecule has 11 heteroatoms. The van der Waals surface area contributed by atoms with Crippen LogP contribution in [0.2, 0.25) is 0 Å². The van der Waals surface area contributed by atoms with Gasteiger partial charge in [0.15, 0.2) is 17.2 Å². The minimum absolute atomic E-state index is 0.0719. The van der Waals surface area contributed by atoms with E-state index in [9.17, 15) is 9.90 Å². The quantitative estimate of drug-likeness (QED) is 0.387. The summed E-state index contributed by atoms with van der Waals surface area (Å²) in [5, 5.41) is 19.5. The lowest BCUT2D eigenvalue weighted by molar-refractivity contribution is -0.135. The van der Waals surface area contributed by atoms with E-state index < -0.39 is 11.3 Å². The van der Waals surface area contributed by atoms with E-state index in [2.05, 4.69) is 16.1 Å². The molecule has 0 bridgehead atoms. The molecule has 1 aromatic carbocycles. The maximum Gasteiger partial charge on any atom is 0.269 e. The summed E-state index contributed by atoms with van der Waals surface area (Å²) < 4.78 is 14.4. The molecule has 2 saturated heterocycles. The lowest BCUT2D eigenvalue weighted by Gasteiger charge is -2.39. The Hall–Kier alpha value is -3.80. The molecule has 0 radical (unpaired) electrons. The molecule has 0 atom stereocenters. The van der Waals surface area contributed by atoms with Gasteiger partial charge in [0.25, 0.3) is 5.91 Å². The van der Waals surface area contributed by atoms with Gasteiger partial charge in [-0.25, -0.2) is 9.67 Å². The van der Waals surface area contributed by atoms with Gasteiger partial charge in [0.2, 0.25) is 0 Å². The van der Waals surface area contributed by atoms with Crippen molar-refractivity contribution < 1.29 is 19.4 Å². The number of anilines is 1. The Bertz CT molecular complexity index is 1460. The second-order valence-corrected chi connectivity index (χ2v) is 9.84. The summed E-state index contributed by atoms with van der Waals surface area (Å²) in [4.78, 5) is 19.5. The molecule has 5 heterocycles. The molecule has 3 N–H and O–H groups in total. The number of hydrogen-bond acceptors (Lipinski definition) is 8. The Morgan fingerprint density at radius 3 is 2.62 bits per heavy atom. The van der Waals surface area contributed by atoms with Crippen molar-refractivity contribution >= 4 is 17.4 Å². The molecule has 0 saturated carbocycles. The molecule has 2 aliphatic heterocycles. The highest BCUT2D eigenvalue weighted by Crippen LogP contribution is 2.35. The number of hydrogen-bond donors (Lipinski definition) is 2. The molecule has 0 unspecified atom stereocenters. The van der Waals surface area contributed by atoms with Crippen molar-refractivity contribution in [3.05, 3.63) is 59.4 Å². The summed E-state index contributed by atoms with van der Waals surface area (Å²) in [7, 11) is 0. The third-order valence-electron chi connectivity index (χ3n) is 7.06. The summed E-state index contributed by atoms with van der Waals surface area (Å²) >= 11 is 0. The number of rotatable bonds is 7. The van der Waals surface area contributed by atoms with Gasteiger partial charge in [-0.3, -0.25) is 4.79 Å². The lowest BCUT2D eigenvalue weighted by atomic mass is 9.80. The molecule has 1 amide bonds. The van der Waals surface area contributed by atoms with E-state index in [4.69, 9.17) is 25.3 Å². The number of ether oxygens (including phenoxy) is 2. The Morgan fingerprint density at radius 2 is 1.95 bits per heavy atom. The largest absolute Gasteiger partial charge is 0.396 e. The highest BCUT2D eigenvalue weighted by Gasteiger charge is 2.40. The predicted molar refractivity (Wildman–Crippen MR) is 136 cm³/mol. The number of primary amides is 1. The third-order valence-corrected chi connectivity index (χ3v) is 7.06. The van der Waals surface area contributed by atoms with Gasteiger partial charge >= 0.3 is 0 Å². The summed E-state index contributed by atoms with van der Waals surface area (Å²) in [6.45, 7) is 5.28. The summed E-state index contributed by atoms with van der Waals surface area (Å²) in [6, 6.07) is 12.0. The molecule has 0 spiro atoms. The third kappa shape index (κ3) is 4.24. The van der Waals surface area contributed by atoms with Gasteiger partial charge < -0.3 is 25.2 Å². The van der Waals surface area contributed by atoms with E-state index in [0.717, 1.165) is 22.6 Å². The smallest absolute Gasteiger partial charge is 0.269 e. The predicted octanol–water partition coefficient (Wildman–Crippen LogP) is 1.38. The Balaban J connectivity index is 1.52. The number of nitrogens with two attached hydrogens (primary N) is 1. The summed E-state index contributed by atoms with van der Waals surface area (Å²) in [5.74, 6) is 0.727. The number of aromatic nitrogens is 5. The van der Waals surface area contributed by atoms with Crippen LogP contribution in [0.1, 0.15) is 21.6 Å². The Labute approximate surface area is 213 Å². The van der Waals surface area contributed by atoms with Crippen molar-refractivity contribution in [1.82, 2.24) is 24.4 Å². The zero-order chi connectivity index (χ0) is 25.6. The van der Waals surface area contributed by atoms with Crippen molar-refractivity contribution in [2.24, 2.45) is 11.1 Å². The number of benzene rings is 1. The number of morpholine rings is 1. The molecular weight excluding hydrogens is 474 g/mol. The lowest BCUT2D eigenvalue weighted by Crippen LogP contribution is -2.47. The number of fused-ring (bicyclic) bond motifs is 1. The van der Waals surface area contributed by atoms with E-state index in [1.54, 1.807) is 9.20 Å². The van der Waals surface area contributed by atoms with Gasteiger partial charge in [-0.15, -0.1) is 0 Å². The number of aliphatic hydroxyl groups is 1. The molecule has 3 aromatic heterocycles. The molecule has 0 aliphatic carbocycles. The zero-order valence-corrected chi connectivity index (χ0v) is 20.6. The average molecular weight is 504 g/mol. The zero-order valence-electron chi connectivity index (χ0n) is 20.6. The van der Waals surface area contributed by atoms with Gasteiger partial charge in [-0.1, -0.05) is 23.8 Å². The van der Waals surface area contributed by atoms with Crippen LogP contribution >= 0.6 is 0 Å². The molecule has 2 fully saturated rings. The molecule has 37 heavy (non-hydrogen) atoms. The van der Waals surface area contributed by atoms with E-state index in [1.165, 1.54) is 0 Å². The minimum atomic E-state index is -0.635. The van der Waals surface area contributed by atoms with Crippen LogP contribution in [0.5, 0.6) is 0 Å². The van der Waals surface area contributed by atoms with Crippen molar-refractivity contribution in [2.45, 2.75) is 13.3 Å². The van der Waals surface area contributed by atoms with E-state index in [1.807, 2.05) is 43.5 Å². The fraction of sp³-hybridized carbons (Fsp3) is 0.385. The van der Waals surface area contributed by atoms with Crippen LogP contribution in [0.3, 0.4) is 0 Å². The number of carbonyl (C=O) groups excluding carboxylic acids is 1. The van der Waals surface area contributed by atoms with Crippen LogP contribution in [-0.2, 0) is 15.9 Å². The first kappa shape index (κ1) is 23.6. The first-order valence-corrected chi connectivity index (χ1v) is 12.3. The maximum absolute atomic E-state index is 12.5. The number of amides is 1. The first-order chi connectivity index (χ1) is 18.0. The summed E-state index contributed by atoms with van der Waals surface area (Å²) in [6.07, 6.45) is 2.25. The standard InChI is InChI=1S/C26H29N7O4/c1-17-3-2-4-18(11-17)20-5-6-32(29-20)21-12-22(31-7-9-36-10-8-31)33-25(28-21)19(23(30-33)24(27)35)13-26(14-34)15-37-16-26/h2-6,11-12,34H,7-10,13-16H2,1H3,(H2,27,35). The van der Waals surface area contributed by atoms with Gasteiger partial charge in [-0.05, 0) is 25.5 Å². The van der Waals surface area contributed by atoms with Crippen molar-refractivity contribution in [3.63, 3.8) is 0 Å². The molecule has 11 nitrogen and oxygen atoms in total. The van der Waals surface area contributed by atoms with Crippen molar-refractivity contribution in [3.8, 4) is 17.1 Å². The molecule has 2 aliphatic rings. The van der Waals surface area contributed by atoms with Crippen LogP contribution in [0.15, 0.2) is 42.6 Å². The minimum Gasteiger partial charge on any atom is -0.396 e. The topological polar surface area (TPSA) is 133 Å². The molecular formula is C26H29N7O4. The normalized spacial score (nSPS) is 17.2. The monoisotopic (exact) mass is 503 g/mol. The van der Waals surface area contributed by atoms with Gasteiger partial charge in [0.05, 0.1) is 38.7 Å². The molecule has 192 valence electrons. The van der Waals surface area contributed by atoms with E-state index >= 15 is 0 Å². The SMILES string of the molecule is Cc1cccc(-c2ccn(-c3cc(N4CCOCC4)n4nc(C(N)=O)c(CC5(CO)COC5)c4n3)n2)c1. The second-order valence-electron chi connectivity index (χ2n) is 9.84. The first-order valence-electron chi connectivity index (χ1n) is 12.3. The number of nitrogens with zero attached hydrogens (tertiary/aromatic N) is 6. The number of aliphatic hydroxyl groups excluding tert-OH is 1. The summed E-state index contributed by atoms with van der Waals surface area (Å²) in [5.41, 5.74) is 9.55. The van der Waals surface area contributed by atoms with Gasteiger partial charge in [-0.2, -0.15) is 14.7 Å². The number of aryl methyl sites for hydroxylation is 1. The van der Waals surface area contributed by atoms with Crippen LogP contribution in [0, 0.1) is 12.3 Å². The van der Waals surface area contributed by atoms with Gasteiger partial charge in [0.1, 0.15) is 5.82 Å². The fourth-order valence-corrected chi connectivity index (χ4v) is 4.95. The average Bonchev–Trinajstić information content (AvgIpc) is 3.52. The van der Waals surface area contributed by atoms with Crippen LogP contribution in [0.25, 0.3) is 22.7 Å². The second kappa shape index (κ2) is 9.25. The molecule has 4 aromatic rings. The van der Waals surface area contributed by atoms with Crippen molar-refractivity contribution in [1.29, 1.82) is 0 Å². The highest BCUT2D eigenvalue weighted by molar-refractivity contribution is 5.94. The van der Waals surface area contributed by atoms with Crippen LogP contribution in [0.4, 0.5) is 5.82 Å². The van der Waals surface area contributed by atoms with E-state index in [0.29, 0.717) is 63.0 Å². The van der Waals surface area contributed by atoms with Crippen LogP contribution in [-0.4, -0.2) is 81.5 Å². The Morgan fingerprint density at radius 1 is 1.14 bits per heavy atom. The van der Waals surface area contributed by atoms with Crippen LogP contribution < -0.4 is 10.6 Å². The molecule has 6 rings (SSSR count). The van der Waals surface area contributed by atoms with Gasteiger partial charge in [0, 0.05) is 41.9 Å². The van der Waals surface area contributed by atoms with Crippen molar-refractivity contribution in [2.75, 3.05) is 51.0 Å². The fourth-order valence-electron chi connectivity index (χ4n) is 4.95. The van der Waals surface area contributed by atoms with E-state index in [-0.39, 0.29) is 12.3 Å². The maximum atomic E-state index is 12.5. The Kier molecular flexibility index (Phi) is 5.90. The highest BCUT2D eigenvalue weighted by atomic mass is 16.5.